The van der Waals surface area contributed by atoms with E-state index in [1.54, 1.807) is 6.92 Å². The number of rotatable bonds is 3. The number of carbonyl (C=O) groups excluding carboxylic acids is 1. The van der Waals surface area contributed by atoms with Crippen molar-refractivity contribution in [3.8, 4) is 0 Å². The summed E-state index contributed by atoms with van der Waals surface area (Å²) in [6.45, 7) is 5.84. The summed E-state index contributed by atoms with van der Waals surface area (Å²) in [6.07, 6.45) is 0.453. The van der Waals surface area contributed by atoms with Crippen LogP contribution in [-0.2, 0) is 4.79 Å². The zero-order chi connectivity index (χ0) is 9.84. The Morgan fingerprint density at radius 2 is 2.46 bits per heavy atom. The molecule has 2 atom stereocenters. The summed E-state index contributed by atoms with van der Waals surface area (Å²) in [5.41, 5.74) is 0. The molecule has 1 amide bonds. The Hall–Kier alpha value is -0.610. The molecule has 0 aromatic carbocycles. The van der Waals surface area contributed by atoms with Gasteiger partial charge in [-0.15, -0.1) is 0 Å². The van der Waals surface area contributed by atoms with E-state index in [2.05, 4.69) is 17.1 Å². The molecule has 0 radical (unpaired) electrons. The van der Waals surface area contributed by atoms with Gasteiger partial charge in [-0.3, -0.25) is 9.69 Å². The number of amides is 1. The van der Waals surface area contributed by atoms with E-state index >= 15 is 0 Å². The second-order valence-corrected chi connectivity index (χ2v) is 3.76. The van der Waals surface area contributed by atoms with Gasteiger partial charge in [0.2, 0.25) is 5.91 Å². The molecule has 1 rings (SSSR count). The van der Waals surface area contributed by atoms with Gasteiger partial charge in [0.05, 0.1) is 12.6 Å². The predicted octanol–water partition coefficient (Wildman–Crippen LogP) is -0.422. The predicted molar refractivity (Wildman–Crippen MR) is 50.3 cm³/mol. The summed E-state index contributed by atoms with van der Waals surface area (Å²) >= 11 is 0. The number of hydrogen-bond donors (Lipinski definition) is 2. The molecule has 1 heterocycles. The SMILES string of the molecule is CC(O)CCN1CC(=O)NCC1C. The Bertz CT molecular complexity index is 182. The monoisotopic (exact) mass is 186 g/mol. The molecule has 0 aromatic rings. The van der Waals surface area contributed by atoms with E-state index in [9.17, 15) is 4.79 Å². The highest BCUT2D eigenvalue weighted by Gasteiger charge is 2.22. The fourth-order valence-electron chi connectivity index (χ4n) is 1.44. The van der Waals surface area contributed by atoms with Crippen molar-refractivity contribution in [2.24, 2.45) is 0 Å². The van der Waals surface area contributed by atoms with Gasteiger partial charge in [0.25, 0.3) is 0 Å². The van der Waals surface area contributed by atoms with Crippen LogP contribution in [0.2, 0.25) is 0 Å². The summed E-state index contributed by atoms with van der Waals surface area (Å²) in [4.78, 5) is 13.2. The second kappa shape index (κ2) is 4.58. The number of aliphatic hydroxyl groups is 1. The number of piperazine rings is 1. The number of aliphatic hydroxyl groups excluding tert-OH is 1. The Balaban J connectivity index is 2.33. The van der Waals surface area contributed by atoms with E-state index in [1.165, 1.54) is 0 Å². The van der Waals surface area contributed by atoms with E-state index in [0.717, 1.165) is 19.5 Å². The molecule has 76 valence electrons. The lowest BCUT2D eigenvalue weighted by Gasteiger charge is -2.33. The first-order chi connectivity index (χ1) is 6.09. The maximum atomic E-state index is 11.0. The second-order valence-electron chi connectivity index (χ2n) is 3.76. The smallest absolute Gasteiger partial charge is 0.234 e. The quantitative estimate of drug-likeness (QED) is 0.629. The minimum atomic E-state index is -0.280. The number of hydrogen-bond acceptors (Lipinski definition) is 3. The van der Waals surface area contributed by atoms with Gasteiger partial charge in [-0.25, -0.2) is 0 Å². The third-order valence-electron chi connectivity index (χ3n) is 2.40. The molecule has 1 aliphatic heterocycles. The van der Waals surface area contributed by atoms with Gasteiger partial charge in [0.15, 0.2) is 0 Å². The number of nitrogens with one attached hydrogen (secondary N) is 1. The Labute approximate surface area is 78.9 Å². The summed E-state index contributed by atoms with van der Waals surface area (Å²) in [5.74, 6) is 0.0868. The topological polar surface area (TPSA) is 52.6 Å². The standard InChI is InChI=1S/C9H18N2O2/c1-7-5-10-9(13)6-11(7)4-3-8(2)12/h7-8,12H,3-6H2,1-2H3,(H,10,13). The van der Waals surface area contributed by atoms with E-state index in [-0.39, 0.29) is 12.0 Å². The van der Waals surface area contributed by atoms with Crippen LogP contribution in [0.1, 0.15) is 20.3 Å². The Morgan fingerprint density at radius 1 is 1.77 bits per heavy atom. The molecule has 4 nitrogen and oxygen atoms in total. The van der Waals surface area contributed by atoms with Crippen LogP contribution in [0, 0.1) is 0 Å². The largest absolute Gasteiger partial charge is 0.393 e. The maximum Gasteiger partial charge on any atom is 0.234 e. The lowest BCUT2D eigenvalue weighted by atomic mass is 10.2. The van der Waals surface area contributed by atoms with E-state index in [0.29, 0.717) is 12.6 Å². The molecule has 1 aliphatic rings. The van der Waals surface area contributed by atoms with Gasteiger partial charge in [-0.2, -0.15) is 0 Å². The number of nitrogens with zero attached hydrogens (tertiary/aromatic N) is 1. The van der Waals surface area contributed by atoms with Crippen LogP contribution < -0.4 is 5.32 Å². The molecule has 0 spiro atoms. The van der Waals surface area contributed by atoms with Gasteiger partial charge in [-0.1, -0.05) is 0 Å². The van der Waals surface area contributed by atoms with Crippen molar-refractivity contribution < 1.29 is 9.90 Å². The normalized spacial score (nSPS) is 27.0. The Morgan fingerprint density at radius 3 is 3.08 bits per heavy atom. The molecule has 1 saturated heterocycles. The van der Waals surface area contributed by atoms with Gasteiger partial charge in [-0.05, 0) is 20.3 Å². The first-order valence-corrected chi connectivity index (χ1v) is 4.78. The molecule has 1 fully saturated rings. The molecule has 2 unspecified atom stereocenters. The molecular formula is C9H18N2O2. The third kappa shape index (κ3) is 3.32. The molecule has 13 heavy (non-hydrogen) atoms. The highest BCUT2D eigenvalue weighted by Crippen LogP contribution is 2.04. The minimum Gasteiger partial charge on any atom is -0.393 e. The molecule has 0 aromatic heterocycles. The van der Waals surface area contributed by atoms with Gasteiger partial charge < -0.3 is 10.4 Å². The van der Waals surface area contributed by atoms with Gasteiger partial charge in [0, 0.05) is 19.1 Å². The van der Waals surface area contributed by atoms with Crippen LogP contribution in [0.25, 0.3) is 0 Å². The zero-order valence-corrected chi connectivity index (χ0v) is 8.29. The highest BCUT2D eigenvalue weighted by molar-refractivity contribution is 5.78. The van der Waals surface area contributed by atoms with Gasteiger partial charge >= 0.3 is 0 Å². The lowest BCUT2D eigenvalue weighted by molar-refractivity contribution is -0.125. The average Bonchev–Trinajstić information content (AvgIpc) is 2.06. The fraction of sp³-hybridized carbons (Fsp3) is 0.889. The van der Waals surface area contributed by atoms with Crippen LogP contribution in [0.3, 0.4) is 0 Å². The molecule has 0 aliphatic carbocycles. The maximum absolute atomic E-state index is 11.0. The minimum absolute atomic E-state index is 0.0868. The fourth-order valence-corrected chi connectivity index (χ4v) is 1.44. The molecule has 2 N–H and O–H groups in total. The lowest BCUT2D eigenvalue weighted by Crippen LogP contribution is -2.53. The van der Waals surface area contributed by atoms with Crippen LogP contribution in [-0.4, -0.2) is 47.7 Å². The van der Waals surface area contributed by atoms with Crippen molar-refractivity contribution in [3.05, 3.63) is 0 Å². The van der Waals surface area contributed by atoms with Crippen LogP contribution in [0.15, 0.2) is 0 Å². The summed E-state index contributed by atoms with van der Waals surface area (Å²) in [6, 6.07) is 0.386. The van der Waals surface area contributed by atoms with Crippen molar-refractivity contribution in [2.45, 2.75) is 32.4 Å². The molecule has 4 heteroatoms. The third-order valence-corrected chi connectivity index (χ3v) is 2.40. The van der Waals surface area contributed by atoms with Gasteiger partial charge in [0.1, 0.15) is 0 Å². The first-order valence-electron chi connectivity index (χ1n) is 4.78. The van der Waals surface area contributed by atoms with Crippen molar-refractivity contribution >= 4 is 5.91 Å². The van der Waals surface area contributed by atoms with Crippen molar-refractivity contribution in [1.82, 2.24) is 10.2 Å². The van der Waals surface area contributed by atoms with E-state index in [4.69, 9.17) is 5.11 Å². The van der Waals surface area contributed by atoms with E-state index in [1.807, 2.05) is 0 Å². The zero-order valence-electron chi connectivity index (χ0n) is 8.29. The highest BCUT2D eigenvalue weighted by atomic mass is 16.3. The Kier molecular flexibility index (Phi) is 3.69. The van der Waals surface area contributed by atoms with Crippen molar-refractivity contribution in [2.75, 3.05) is 19.6 Å². The number of carbonyl (C=O) groups is 1. The average molecular weight is 186 g/mol. The summed E-state index contributed by atoms with van der Waals surface area (Å²) in [5, 5.41) is 11.9. The van der Waals surface area contributed by atoms with Crippen LogP contribution in [0.5, 0.6) is 0 Å². The summed E-state index contributed by atoms with van der Waals surface area (Å²) < 4.78 is 0. The van der Waals surface area contributed by atoms with Crippen molar-refractivity contribution in [3.63, 3.8) is 0 Å². The molecular weight excluding hydrogens is 168 g/mol. The molecule has 0 bridgehead atoms. The van der Waals surface area contributed by atoms with Crippen molar-refractivity contribution in [1.29, 1.82) is 0 Å². The van der Waals surface area contributed by atoms with Crippen LogP contribution in [0.4, 0.5) is 0 Å². The van der Waals surface area contributed by atoms with Crippen LogP contribution >= 0.6 is 0 Å². The molecule has 0 saturated carbocycles. The van der Waals surface area contributed by atoms with E-state index < -0.39 is 0 Å². The summed E-state index contributed by atoms with van der Waals surface area (Å²) in [7, 11) is 0. The first kappa shape index (κ1) is 10.5.